The fourth-order valence-electron chi connectivity index (χ4n) is 2.54. The lowest BCUT2D eigenvalue weighted by atomic mass is 9.95. The molecule has 1 heterocycles. The number of alkyl halides is 3. The Bertz CT molecular complexity index is 429. The maximum absolute atomic E-state index is 13.0. The molecule has 0 aliphatic carbocycles. The monoisotopic (exact) mass is 258 g/mol. The summed E-state index contributed by atoms with van der Waals surface area (Å²) in [6.07, 6.45) is -2.85. The van der Waals surface area contributed by atoms with Gasteiger partial charge in [-0.1, -0.05) is 12.1 Å². The molecule has 100 valence electrons. The molecule has 0 bridgehead atoms. The first kappa shape index (κ1) is 13.2. The van der Waals surface area contributed by atoms with Gasteiger partial charge in [-0.05, 0) is 36.9 Å². The lowest BCUT2D eigenvalue weighted by Crippen LogP contribution is -2.23. The van der Waals surface area contributed by atoms with E-state index in [1.807, 2.05) is 0 Å². The van der Waals surface area contributed by atoms with Crippen LogP contribution in [0.15, 0.2) is 18.2 Å². The molecule has 1 unspecified atom stereocenters. The fraction of sp³-hybridized carbons (Fsp3) is 0.538. The van der Waals surface area contributed by atoms with Crippen molar-refractivity contribution >= 4 is 5.69 Å². The van der Waals surface area contributed by atoms with Crippen LogP contribution in [-0.2, 0) is 12.6 Å². The summed E-state index contributed by atoms with van der Waals surface area (Å²) in [5.74, 6) is 0.261. The van der Waals surface area contributed by atoms with E-state index in [1.54, 1.807) is 18.0 Å². The third-order valence-electron chi connectivity index (χ3n) is 3.52. The van der Waals surface area contributed by atoms with Gasteiger partial charge in [0, 0.05) is 13.6 Å². The molecule has 0 fully saturated rings. The Kier molecular flexibility index (Phi) is 3.52. The maximum atomic E-state index is 13.0. The molecule has 0 saturated carbocycles. The fourth-order valence-corrected chi connectivity index (χ4v) is 2.54. The Balaban J connectivity index is 2.50. The molecular weight excluding hydrogens is 241 g/mol. The van der Waals surface area contributed by atoms with Crippen LogP contribution in [0.3, 0.4) is 0 Å². The summed E-state index contributed by atoms with van der Waals surface area (Å²) < 4.78 is 39.0. The van der Waals surface area contributed by atoms with Crippen LogP contribution in [0.2, 0.25) is 0 Å². The standard InChI is InChI=1S/C13H17F3N2/c1-18-6-5-9(8-17)7-10-3-2-4-11(12(10)18)13(14,15)16/h2-4,9H,5-8,17H2,1H3. The van der Waals surface area contributed by atoms with Crippen molar-refractivity contribution in [3.63, 3.8) is 0 Å². The number of nitrogens with zero attached hydrogens (tertiary/aromatic N) is 1. The Morgan fingerprint density at radius 2 is 2.11 bits per heavy atom. The van der Waals surface area contributed by atoms with E-state index in [1.165, 1.54) is 6.07 Å². The molecule has 1 aromatic rings. The Labute approximate surface area is 105 Å². The first-order valence-corrected chi connectivity index (χ1v) is 6.03. The molecule has 2 nitrogen and oxygen atoms in total. The van der Waals surface area contributed by atoms with Crippen LogP contribution in [0.4, 0.5) is 18.9 Å². The van der Waals surface area contributed by atoms with E-state index in [2.05, 4.69) is 0 Å². The van der Waals surface area contributed by atoms with Gasteiger partial charge >= 0.3 is 6.18 Å². The molecule has 0 aromatic heterocycles. The van der Waals surface area contributed by atoms with E-state index in [0.717, 1.165) is 18.1 Å². The molecule has 1 aliphatic rings. The number of anilines is 1. The highest BCUT2D eigenvalue weighted by atomic mass is 19.4. The van der Waals surface area contributed by atoms with Crippen molar-refractivity contribution in [2.24, 2.45) is 11.7 Å². The first-order valence-electron chi connectivity index (χ1n) is 6.03. The quantitative estimate of drug-likeness (QED) is 0.839. The largest absolute Gasteiger partial charge is 0.418 e. The zero-order chi connectivity index (χ0) is 13.3. The van der Waals surface area contributed by atoms with Gasteiger partial charge in [-0.15, -0.1) is 0 Å². The number of benzene rings is 1. The predicted molar refractivity (Wildman–Crippen MR) is 65.6 cm³/mol. The van der Waals surface area contributed by atoms with Crippen molar-refractivity contribution in [1.82, 2.24) is 0 Å². The zero-order valence-corrected chi connectivity index (χ0v) is 10.3. The number of hydrogen-bond acceptors (Lipinski definition) is 2. The number of rotatable bonds is 1. The second kappa shape index (κ2) is 4.80. The minimum absolute atomic E-state index is 0.261. The number of nitrogens with two attached hydrogens (primary N) is 1. The van der Waals surface area contributed by atoms with Crippen molar-refractivity contribution in [3.8, 4) is 0 Å². The highest BCUT2D eigenvalue weighted by Crippen LogP contribution is 2.40. The van der Waals surface area contributed by atoms with Crippen molar-refractivity contribution < 1.29 is 13.2 Å². The van der Waals surface area contributed by atoms with E-state index >= 15 is 0 Å². The van der Waals surface area contributed by atoms with Gasteiger partial charge in [-0.25, -0.2) is 0 Å². The van der Waals surface area contributed by atoms with Gasteiger partial charge < -0.3 is 10.6 Å². The molecule has 2 rings (SSSR count). The van der Waals surface area contributed by atoms with E-state index < -0.39 is 11.7 Å². The van der Waals surface area contributed by atoms with Crippen molar-refractivity contribution in [2.45, 2.75) is 19.0 Å². The molecule has 18 heavy (non-hydrogen) atoms. The van der Waals surface area contributed by atoms with Gasteiger partial charge in [0.05, 0.1) is 11.3 Å². The molecule has 1 aromatic carbocycles. The van der Waals surface area contributed by atoms with Gasteiger partial charge in [0.2, 0.25) is 0 Å². The van der Waals surface area contributed by atoms with E-state index in [4.69, 9.17) is 5.73 Å². The third kappa shape index (κ3) is 2.46. The van der Waals surface area contributed by atoms with Gasteiger partial charge in [0.1, 0.15) is 0 Å². The van der Waals surface area contributed by atoms with E-state index in [0.29, 0.717) is 25.2 Å². The van der Waals surface area contributed by atoms with Crippen LogP contribution in [0, 0.1) is 5.92 Å². The summed E-state index contributed by atoms with van der Waals surface area (Å²) in [6, 6.07) is 4.40. The zero-order valence-electron chi connectivity index (χ0n) is 10.3. The summed E-state index contributed by atoms with van der Waals surface area (Å²) in [5, 5.41) is 0. The molecule has 1 atom stereocenters. The highest BCUT2D eigenvalue weighted by molar-refractivity contribution is 5.61. The number of fused-ring (bicyclic) bond motifs is 1. The van der Waals surface area contributed by atoms with Crippen LogP contribution >= 0.6 is 0 Å². The predicted octanol–water partition coefficient (Wildman–Crippen LogP) is 2.66. The minimum Gasteiger partial charge on any atom is -0.374 e. The minimum atomic E-state index is -4.30. The molecular formula is C13H17F3N2. The van der Waals surface area contributed by atoms with Crippen LogP contribution in [0.5, 0.6) is 0 Å². The summed E-state index contributed by atoms with van der Waals surface area (Å²) in [7, 11) is 1.72. The van der Waals surface area contributed by atoms with Crippen LogP contribution in [0.1, 0.15) is 17.5 Å². The van der Waals surface area contributed by atoms with Crippen molar-refractivity contribution in [3.05, 3.63) is 29.3 Å². The highest BCUT2D eigenvalue weighted by Gasteiger charge is 2.36. The van der Waals surface area contributed by atoms with Crippen molar-refractivity contribution in [2.75, 3.05) is 25.0 Å². The second-order valence-electron chi connectivity index (χ2n) is 4.83. The van der Waals surface area contributed by atoms with E-state index in [9.17, 15) is 13.2 Å². The molecule has 0 spiro atoms. The summed E-state index contributed by atoms with van der Waals surface area (Å²) >= 11 is 0. The molecule has 2 N–H and O–H groups in total. The summed E-state index contributed by atoms with van der Waals surface area (Å²) in [5.41, 5.74) is 6.19. The van der Waals surface area contributed by atoms with Crippen LogP contribution < -0.4 is 10.6 Å². The lowest BCUT2D eigenvalue weighted by molar-refractivity contribution is -0.137. The van der Waals surface area contributed by atoms with E-state index in [-0.39, 0.29) is 5.92 Å². The number of halogens is 3. The van der Waals surface area contributed by atoms with Crippen molar-refractivity contribution in [1.29, 1.82) is 0 Å². The average Bonchev–Trinajstić information content (AvgIpc) is 2.47. The number of para-hydroxylation sites is 1. The van der Waals surface area contributed by atoms with Crippen LogP contribution in [0.25, 0.3) is 0 Å². The molecule has 0 radical (unpaired) electrons. The van der Waals surface area contributed by atoms with Gasteiger partial charge in [-0.3, -0.25) is 0 Å². The van der Waals surface area contributed by atoms with Gasteiger partial charge in [0.15, 0.2) is 0 Å². The Morgan fingerprint density at radius 1 is 1.39 bits per heavy atom. The van der Waals surface area contributed by atoms with Gasteiger partial charge in [0.25, 0.3) is 0 Å². The summed E-state index contributed by atoms with van der Waals surface area (Å²) in [4.78, 5) is 1.70. The maximum Gasteiger partial charge on any atom is 0.418 e. The van der Waals surface area contributed by atoms with Gasteiger partial charge in [-0.2, -0.15) is 13.2 Å². The number of hydrogen-bond donors (Lipinski definition) is 1. The Morgan fingerprint density at radius 3 is 2.72 bits per heavy atom. The smallest absolute Gasteiger partial charge is 0.374 e. The topological polar surface area (TPSA) is 29.3 Å². The third-order valence-corrected chi connectivity index (χ3v) is 3.52. The SMILES string of the molecule is CN1CCC(CN)Cc2cccc(C(F)(F)F)c21. The second-order valence-corrected chi connectivity index (χ2v) is 4.83. The lowest BCUT2D eigenvalue weighted by Gasteiger charge is -2.23. The molecule has 0 saturated heterocycles. The Hall–Kier alpha value is -1.23. The summed E-state index contributed by atoms with van der Waals surface area (Å²) in [6.45, 7) is 1.13. The molecule has 0 amide bonds. The first-order chi connectivity index (χ1) is 8.43. The molecule has 5 heteroatoms. The molecule has 1 aliphatic heterocycles. The normalized spacial score (nSPS) is 20.5. The average molecular weight is 258 g/mol. The van der Waals surface area contributed by atoms with Crippen LogP contribution in [-0.4, -0.2) is 20.1 Å².